The molecule has 0 amide bonds. The fraction of sp³-hybridized carbons (Fsp3) is 0.524. The first kappa shape index (κ1) is 20.1. The minimum Gasteiger partial charge on any atom is -0.389 e. The van der Waals surface area contributed by atoms with Crippen molar-refractivity contribution in [2.45, 2.75) is 36.9 Å². The molecule has 156 valence electrons. The van der Waals surface area contributed by atoms with Gasteiger partial charge in [0, 0.05) is 37.0 Å². The largest absolute Gasteiger partial charge is 0.401 e. The molecular weight excluding hydrogens is 383 g/mol. The Hall–Kier alpha value is -2.19. The third kappa shape index (κ3) is 4.38. The average molecular weight is 407 g/mol. The Morgan fingerprint density at radius 2 is 1.76 bits per heavy atom. The lowest BCUT2D eigenvalue weighted by Crippen LogP contribution is -2.40. The smallest absolute Gasteiger partial charge is 0.389 e. The number of carbonyl (C=O) groups excluding carboxylic acids is 1. The van der Waals surface area contributed by atoms with Crippen LogP contribution in [-0.2, 0) is 4.79 Å². The molecule has 3 atom stereocenters. The third-order valence-electron chi connectivity index (χ3n) is 6.07. The van der Waals surface area contributed by atoms with Crippen molar-refractivity contribution in [2.75, 3.05) is 26.2 Å². The molecule has 8 heteroatoms. The van der Waals surface area contributed by atoms with Gasteiger partial charge >= 0.3 is 6.18 Å². The zero-order valence-electron chi connectivity index (χ0n) is 15.9. The number of benzene rings is 1. The number of likely N-dealkylation sites (tertiary alicyclic amines) is 1. The maximum Gasteiger partial charge on any atom is 0.401 e. The van der Waals surface area contributed by atoms with E-state index in [2.05, 4.69) is 5.10 Å². The van der Waals surface area contributed by atoms with Gasteiger partial charge in [-0.15, -0.1) is 0 Å². The summed E-state index contributed by atoms with van der Waals surface area (Å²) in [5.41, 5.74) is 2.01. The van der Waals surface area contributed by atoms with Gasteiger partial charge in [0.2, 0.25) is 0 Å². The number of aliphatic hydroxyl groups is 1. The van der Waals surface area contributed by atoms with E-state index in [0.717, 1.165) is 11.1 Å². The van der Waals surface area contributed by atoms with Crippen LogP contribution in [0.15, 0.2) is 42.7 Å². The van der Waals surface area contributed by atoms with Crippen LogP contribution in [0.4, 0.5) is 13.2 Å². The zero-order valence-corrected chi connectivity index (χ0v) is 15.9. The highest BCUT2D eigenvalue weighted by atomic mass is 19.4. The first-order chi connectivity index (χ1) is 13.9. The quantitative estimate of drug-likeness (QED) is 0.799. The van der Waals surface area contributed by atoms with Crippen LogP contribution >= 0.6 is 0 Å². The molecule has 0 radical (unpaired) electrons. The first-order valence-electron chi connectivity index (χ1n) is 9.89. The number of aromatic nitrogens is 2. The Morgan fingerprint density at radius 1 is 1.10 bits per heavy atom. The van der Waals surface area contributed by atoms with E-state index in [1.807, 2.05) is 41.2 Å². The van der Waals surface area contributed by atoms with Gasteiger partial charge in [-0.05, 0) is 24.0 Å². The predicted molar refractivity (Wildman–Crippen MR) is 100 cm³/mol. The highest BCUT2D eigenvalue weighted by molar-refractivity contribution is 5.88. The van der Waals surface area contributed by atoms with E-state index in [1.165, 1.54) is 4.90 Å². The van der Waals surface area contributed by atoms with Crippen molar-refractivity contribution < 1.29 is 23.1 Å². The molecule has 29 heavy (non-hydrogen) atoms. The number of hydrogen-bond acceptors (Lipinski definition) is 4. The Kier molecular flexibility index (Phi) is 5.48. The van der Waals surface area contributed by atoms with Crippen LogP contribution in [0.5, 0.6) is 0 Å². The van der Waals surface area contributed by atoms with E-state index in [9.17, 15) is 23.1 Å². The normalized spacial score (nSPS) is 25.9. The lowest BCUT2D eigenvalue weighted by molar-refractivity contribution is -0.148. The number of alkyl halides is 3. The van der Waals surface area contributed by atoms with Crippen LogP contribution in [0.2, 0.25) is 0 Å². The molecule has 1 aromatic carbocycles. The minimum absolute atomic E-state index is 0.0175. The molecule has 1 N–H and O–H groups in total. The molecule has 1 saturated heterocycles. The van der Waals surface area contributed by atoms with Crippen LogP contribution in [-0.4, -0.2) is 58.0 Å². The predicted octanol–water partition coefficient (Wildman–Crippen LogP) is 3.14. The van der Waals surface area contributed by atoms with Gasteiger partial charge in [-0.1, -0.05) is 30.3 Å². The number of ketones is 1. The van der Waals surface area contributed by atoms with Gasteiger partial charge in [-0.3, -0.25) is 14.4 Å². The Bertz CT molecular complexity index is 844. The lowest BCUT2D eigenvalue weighted by Gasteiger charge is -2.32. The van der Waals surface area contributed by atoms with Crippen molar-refractivity contribution in [1.82, 2.24) is 14.7 Å². The molecular formula is C21H24F3N3O2. The molecule has 5 nitrogen and oxygen atoms in total. The van der Waals surface area contributed by atoms with Gasteiger partial charge in [0.25, 0.3) is 0 Å². The van der Waals surface area contributed by atoms with Crippen LogP contribution in [0.1, 0.15) is 41.8 Å². The van der Waals surface area contributed by atoms with E-state index < -0.39 is 19.3 Å². The number of Topliss-reactive ketones (excluding diaryl/α,β-unsaturated/α-hetero) is 1. The summed E-state index contributed by atoms with van der Waals surface area (Å²) >= 11 is 0. The fourth-order valence-corrected chi connectivity index (χ4v) is 4.64. The van der Waals surface area contributed by atoms with Gasteiger partial charge in [-0.2, -0.15) is 18.3 Å². The summed E-state index contributed by atoms with van der Waals surface area (Å²) in [5, 5.41) is 13.8. The maximum atomic E-state index is 12.6. The summed E-state index contributed by atoms with van der Waals surface area (Å²) in [4.78, 5) is 13.7. The number of nitrogens with zero attached hydrogens (tertiary/aromatic N) is 3. The zero-order chi connectivity index (χ0) is 20.6. The molecule has 2 aliphatic rings. The SMILES string of the molecule is O=C(CO)[C@@H]1[C@H](c2ccccc2)[C@H]1c1cnn(C2CCN(CC(F)(F)F)CC2)c1. The molecule has 1 saturated carbocycles. The van der Waals surface area contributed by atoms with Gasteiger partial charge in [-0.25, -0.2) is 0 Å². The molecule has 0 unspecified atom stereocenters. The molecule has 2 heterocycles. The molecule has 1 aliphatic heterocycles. The second-order valence-corrected chi connectivity index (χ2v) is 7.99. The fourth-order valence-electron chi connectivity index (χ4n) is 4.64. The minimum atomic E-state index is -4.17. The van der Waals surface area contributed by atoms with Crippen molar-refractivity contribution in [2.24, 2.45) is 5.92 Å². The van der Waals surface area contributed by atoms with Crippen LogP contribution in [0.3, 0.4) is 0 Å². The second kappa shape index (κ2) is 7.91. The molecule has 2 aromatic rings. The number of aliphatic hydroxyl groups excluding tert-OH is 1. The first-order valence-corrected chi connectivity index (χ1v) is 9.89. The Labute approximate surface area is 167 Å². The molecule has 4 rings (SSSR count). The van der Waals surface area contributed by atoms with E-state index in [1.54, 1.807) is 6.20 Å². The Balaban J connectivity index is 1.44. The van der Waals surface area contributed by atoms with E-state index in [0.29, 0.717) is 25.9 Å². The van der Waals surface area contributed by atoms with Crippen molar-refractivity contribution in [3.63, 3.8) is 0 Å². The summed E-state index contributed by atoms with van der Waals surface area (Å²) in [6.07, 6.45) is 0.743. The molecule has 1 aliphatic carbocycles. The highest BCUT2D eigenvalue weighted by Crippen LogP contribution is 2.60. The number of carbonyl (C=O) groups is 1. The van der Waals surface area contributed by atoms with E-state index >= 15 is 0 Å². The number of piperidine rings is 1. The highest BCUT2D eigenvalue weighted by Gasteiger charge is 2.55. The molecule has 1 aromatic heterocycles. The third-order valence-corrected chi connectivity index (χ3v) is 6.07. The van der Waals surface area contributed by atoms with Crippen LogP contribution in [0.25, 0.3) is 0 Å². The van der Waals surface area contributed by atoms with Crippen molar-refractivity contribution in [3.05, 3.63) is 53.9 Å². The van der Waals surface area contributed by atoms with Gasteiger partial charge in [0.15, 0.2) is 5.78 Å². The van der Waals surface area contributed by atoms with Gasteiger partial charge in [0.1, 0.15) is 6.61 Å². The monoisotopic (exact) mass is 407 g/mol. The van der Waals surface area contributed by atoms with Gasteiger partial charge in [0.05, 0.1) is 18.8 Å². The van der Waals surface area contributed by atoms with Crippen molar-refractivity contribution >= 4 is 5.78 Å². The standard InChI is InChI=1S/C21H24F3N3O2/c22-21(23,24)13-26-8-6-16(7-9-26)27-11-15(10-25-27)19-18(20(19)17(29)12-28)14-4-2-1-3-5-14/h1-5,10-11,16,18-20,28H,6-9,12-13H2/t18-,19-,20-/m1/s1. The topological polar surface area (TPSA) is 58.4 Å². The average Bonchev–Trinajstić information content (AvgIpc) is 3.26. The van der Waals surface area contributed by atoms with Crippen molar-refractivity contribution in [3.8, 4) is 0 Å². The summed E-state index contributed by atoms with van der Waals surface area (Å²) < 4.78 is 39.5. The van der Waals surface area contributed by atoms with E-state index in [4.69, 9.17) is 0 Å². The van der Waals surface area contributed by atoms with Gasteiger partial charge < -0.3 is 5.11 Å². The number of hydrogen-bond donors (Lipinski definition) is 1. The maximum absolute atomic E-state index is 12.6. The van der Waals surface area contributed by atoms with Crippen LogP contribution < -0.4 is 0 Å². The van der Waals surface area contributed by atoms with E-state index in [-0.39, 0.29) is 29.6 Å². The lowest BCUT2D eigenvalue weighted by atomic mass is 10.0. The molecule has 2 fully saturated rings. The number of halogens is 3. The second-order valence-electron chi connectivity index (χ2n) is 7.99. The number of rotatable bonds is 6. The molecule has 0 spiro atoms. The summed E-state index contributed by atoms with van der Waals surface area (Å²) in [6.45, 7) is -0.561. The summed E-state index contributed by atoms with van der Waals surface area (Å²) in [7, 11) is 0. The van der Waals surface area contributed by atoms with Crippen LogP contribution in [0, 0.1) is 5.92 Å². The van der Waals surface area contributed by atoms with Crippen molar-refractivity contribution in [1.29, 1.82) is 0 Å². The molecule has 0 bridgehead atoms. The Morgan fingerprint density at radius 3 is 2.38 bits per heavy atom. The summed E-state index contributed by atoms with van der Waals surface area (Å²) in [5.74, 6) is -0.413. The summed E-state index contributed by atoms with van der Waals surface area (Å²) in [6, 6.07) is 9.83.